The topological polar surface area (TPSA) is 55.4 Å². The van der Waals surface area contributed by atoms with E-state index in [1.807, 2.05) is 13.8 Å². The smallest absolute Gasteiger partial charge is 0.328 e. The first kappa shape index (κ1) is 17.4. The fourth-order valence-electron chi connectivity index (χ4n) is 1.76. The van der Waals surface area contributed by atoms with Crippen LogP contribution in [-0.2, 0) is 9.53 Å². The summed E-state index contributed by atoms with van der Waals surface area (Å²) in [6.45, 7) is 3.70. The van der Waals surface area contributed by atoms with Gasteiger partial charge in [-0.25, -0.2) is 13.6 Å². The lowest BCUT2D eigenvalue weighted by Crippen LogP contribution is -2.42. The molecule has 7 heteroatoms. The summed E-state index contributed by atoms with van der Waals surface area (Å²) in [6, 6.07) is 0.471. The predicted octanol–water partition coefficient (Wildman–Crippen LogP) is 2.94. The molecule has 1 aromatic carbocycles. The second-order valence-electron chi connectivity index (χ2n) is 4.92. The Balaban J connectivity index is 2.96. The molecule has 0 radical (unpaired) electrons. The first-order chi connectivity index (χ1) is 9.76. The van der Waals surface area contributed by atoms with Crippen LogP contribution in [-0.4, -0.2) is 25.0 Å². The monoisotopic (exact) mass is 319 g/mol. The molecule has 0 aromatic heterocycles. The molecule has 0 heterocycles. The Hall–Kier alpha value is -1.69. The minimum Gasteiger partial charge on any atom is -0.467 e. The normalized spacial score (nSPS) is 12.1. The third-order valence-corrected chi connectivity index (χ3v) is 3.04. The van der Waals surface area contributed by atoms with Gasteiger partial charge in [0.15, 0.2) is 0 Å². The highest BCUT2D eigenvalue weighted by molar-refractivity contribution is 6.30. The molecule has 4 nitrogen and oxygen atoms in total. The maximum Gasteiger partial charge on any atom is 0.328 e. The summed E-state index contributed by atoms with van der Waals surface area (Å²) in [7, 11) is 1.18. The number of amides is 1. The summed E-state index contributed by atoms with van der Waals surface area (Å²) in [5, 5.41) is 1.92. The van der Waals surface area contributed by atoms with E-state index in [0.29, 0.717) is 18.6 Å². The molecular weight excluding hydrogens is 304 g/mol. The van der Waals surface area contributed by atoms with Gasteiger partial charge in [-0.3, -0.25) is 4.79 Å². The Morgan fingerprint density at radius 1 is 1.29 bits per heavy atom. The Morgan fingerprint density at radius 2 is 1.90 bits per heavy atom. The molecule has 21 heavy (non-hydrogen) atoms. The zero-order chi connectivity index (χ0) is 16.2. The molecule has 1 amide bonds. The number of hydrogen-bond donors (Lipinski definition) is 1. The van der Waals surface area contributed by atoms with Crippen molar-refractivity contribution < 1.29 is 23.1 Å². The van der Waals surface area contributed by atoms with Crippen molar-refractivity contribution in [3.05, 3.63) is 34.4 Å². The van der Waals surface area contributed by atoms with Crippen LogP contribution in [0.1, 0.15) is 30.6 Å². The van der Waals surface area contributed by atoms with Crippen molar-refractivity contribution in [3.63, 3.8) is 0 Å². The maximum atomic E-state index is 13.6. The van der Waals surface area contributed by atoms with Gasteiger partial charge < -0.3 is 10.1 Å². The van der Waals surface area contributed by atoms with Gasteiger partial charge in [0.2, 0.25) is 0 Å². The number of nitrogens with one attached hydrogen (secondary N) is 1. The number of methoxy groups -OCH3 is 1. The molecule has 0 bridgehead atoms. The Labute approximate surface area is 126 Å². The van der Waals surface area contributed by atoms with Crippen LogP contribution in [0.15, 0.2) is 12.1 Å². The van der Waals surface area contributed by atoms with Crippen LogP contribution in [0.25, 0.3) is 0 Å². The van der Waals surface area contributed by atoms with E-state index >= 15 is 0 Å². The average Bonchev–Trinajstić information content (AvgIpc) is 2.40. The van der Waals surface area contributed by atoms with Gasteiger partial charge in [-0.05, 0) is 24.5 Å². The van der Waals surface area contributed by atoms with Crippen LogP contribution in [0.4, 0.5) is 8.78 Å². The van der Waals surface area contributed by atoms with Gasteiger partial charge in [0, 0.05) is 0 Å². The van der Waals surface area contributed by atoms with Gasteiger partial charge in [-0.2, -0.15) is 0 Å². The van der Waals surface area contributed by atoms with Crippen molar-refractivity contribution in [2.24, 2.45) is 5.92 Å². The molecular formula is C14H16ClF2NO3. The lowest BCUT2D eigenvalue weighted by Gasteiger charge is -2.18. The zero-order valence-corrected chi connectivity index (χ0v) is 12.6. The van der Waals surface area contributed by atoms with Crippen LogP contribution in [0.5, 0.6) is 0 Å². The fraction of sp³-hybridized carbons (Fsp3) is 0.429. The first-order valence-electron chi connectivity index (χ1n) is 6.29. The van der Waals surface area contributed by atoms with Gasteiger partial charge in [-0.15, -0.1) is 0 Å². The number of benzene rings is 1. The minimum atomic E-state index is -0.966. The molecule has 1 N–H and O–H groups in total. The minimum absolute atomic E-state index is 0.0983. The quantitative estimate of drug-likeness (QED) is 0.670. The van der Waals surface area contributed by atoms with E-state index in [-0.39, 0.29) is 5.92 Å². The summed E-state index contributed by atoms with van der Waals surface area (Å²) in [6.07, 6.45) is 0.316. The maximum absolute atomic E-state index is 13.6. The summed E-state index contributed by atoms with van der Waals surface area (Å²) < 4.78 is 31.6. The summed E-state index contributed by atoms with van der Waals surface area (Å²) in [5.41, 5.74) is -0.519. The lowest BCUT2D eigenvalue weighted by molar-refractivity contribution is -0.143. The van der Waals surface area contributed by atoms with Gasteiger partial charge in [0.25, 0.3) is 5.91 Å². The van der Waals surface area contributed by atoms with Crippen LogP contribution in [0.3, 0.4) is 0 Å². The molecule has 0 fully saturated rings. The van der Waals surface area contributed by atoms with Crippen molar-refractivity contribution >= 4 is 23.5 Å². The Bertz CT molecular complexity index is 549. The number of halogens is 3. The van der Waals surface area contributed by atoms with Crippen molar-refractivity contribution in [2.75, 3.05) is 7.11 Å². The largest absolute Gasteiger partial charge is 0.467 e. The van der Waals surface area contributed by atoms with Gasteiger partial charge >= 0.3 is 5.97 Å². The molecule has 0 aliphatic rings. The van der Waals surface area contributed by atoms with Gasteiger partial charge in [-0.1, -0.05) is 25.4 Å². The highest BCUT2D eigenvalue weighted by Crippen LogP contribution is 2.19. The van der Waals surface area contributed by atoms with Gasteiger partial charge in [0.05, 0.1) is 17.7 Å². The van der Waals surface area contributed by atoms with Crippen molar-refractivity contribution in [2.45, 2.75) is 26.3 Å². The van der Waals surface area contributed by atoms with E-state index in [0.717, 1.165) is 0 Å². The van der Waals surface area contributed by atoms with E-state index in [9.17, 15) is 18.4 Å². The van der Waals surface area contributed by atoms with Crippen LogP contribution in [0.2, 0.25) is 5.02 Å². The van der Waals surface area contributed by atoms with E-state index in [1.54, 1.807) is 0 Å². The van der Waals surface area contributed by atoms with E-state index < -0.39 is 40.1 Å². The Morgan fingerprint density at radius 3 is 2.43 bits per heavy atom. The van der Waals surface area contributed by atoms with Gasteiger partial charge in [0.1, 0.15) is 17.7 Å². The third kappa shape index (κ3) is 4.67. The van der Waals surface area contributed by atoms with Crippen molar-refractivity contribution in [1.82, 2.24) is 5.32 Å². The van der Waals surface area contributed by atoms with Crippen LogP contribution in [0, 0.1) is 17.6 Å². The fourth-order valence-corrected chi connectivity index (χ4v) is 1.91. The number of carbonyl (C=O) groups excluding carboxylic acids is 2. The third-order valence-electron chi connectivity index (χ3n) is 2.75. The number of rotatable bonds is 5. The second-order valence-corrected chi connectivity index (χ2v) is 5.33. The van der Waals surface area contributed by atoms with Crippen LogP contribution >= 0.6 is 11.6 Å². The van der Waals surface area contributed by atoms with Crippen LogP contribution < -0.4 is 5.32 Å². The number of esters is 1. The van der Waals surface area contributed by atoms with E-state index in [1.165, 1.54) is 7.11 Å². The number of ether oxygens (including phenoxy) is 1. The van der Waals surface area contributed by atoms with E-state index in [2.05, 4.69) is 10.1 Å². The highest BCUT2D eigenvalue weighted by atomic mass is 35.5. The molecule has 1 unspecified atom stereocenters. The average molecular weight is 320 g/mol. The predicted molar refractivity (Wildman–Crippen MR) is 74.1 cm³/mol. The standard InChI is InChI=1S/C14H16ClF2NO3/c1-7(2)4-12(14(20)21-3)18-13(19)8-5-11(17)9(15)6-10(8)16/h5-7,12H,4H2,1-3H3,(H,18,19). The second kappa shape index (κ2) is 7.36. The molecule has 0 aliphatic carbocycles. The molecule has 1 atom stereocenters. The molecule has 0 aliphatic heterocycles. The molecule has 1 rings (SSSR count). The summed E-state index contributed by atoms with van der Waals surface area (Å²) >= 11 is 5.42. The SMILES string of the molecule is COC(=O)C(CC(C)C)NC(=O)c1cc(F)c(Cl)cc1F. The van der Waals surface area contributed by atoms with Crippen molar-refractivity contribution in [1.29, 1.82) is 0 Å². The van der Waals surface area contributed by atoms with E-state index in [4.69, 9.17) is 11.6 Å². The lowest BCUT2D eigenvalue weighted by atomic mass is 10.0. The molecule has 0 spiro atoms. The zero-order valence-electron chi connectivity index (χ0n) is 11.9. The highest BCUT2D eigenvalue weighted by Gasteiger charge is 2.25. The van der Waals surface area contributed by atoms with Crippen molar-refractivity contribution in [3.8, 4) is 0 Å². The summed E-state index contributed by atoms with van der Waals surface area (Å²) in [5.74, 6) is -3.33. The molecule has 0 saturated heterocycles. The summed E-state index contributed by atoms with van der Waals surface area (Å²) in [4.78, 5) is 23.6. The first-order valence-corrected chi connectivity index (χ1v) is 6.67. The Kier molecular flexibility index (Phi) is 6.08. The number of carbonyl (C=O) groups is 2. The molecule has 1 aromatic rings. The number of hydrogen-bond acceptors (Lipinski definition) is 3. The molecule has 0 saturated carbocycles. The molecule has 116 valence electrons.